The summed E-state index contributed by atoms with van der Waals surface area (Å²) < 4.78 is 13.5. The fourth-order valence-electron chi connectivity index (χ4n) is 4.87. The van der Waals surface area contributed by atoms with E-state index in [2.05, 4.69) is 70.2 Å². The van der Waals surface area contributed by atoms with Crippen LogP contribution in [-0.4, -0.2) is 21.6 Å². The maximum Gasteiger partial charge on any atom is 2.00 e. The second-order valence-electron chi connectivity index (χ2n) is 9.27. The molecule has 6 aromatic rings. The maximum atomic E-state index is 5.98. The van der Waals surface area contributed by atoms with Gasteiger partial charge in [0.1, 0.15) is 11.6 Å². The number of benzene rings is 3. The second-order valence-corrected chi connectivity index (χ2v) is 9.27. The fourth-order valence-corrected chi connectivity index (χ4v) is 4.87. The molecule has 0 aliphatic heterocycles. The summed E-state index contributed by atoms with van der Waals surface area (Å²) >= 11 is 0. The SMILES string of the molecule is COc1ccnc(Oc2[c-]c(-c3[c-]c4c(cc3)c3ccccc3n4-c3cc(C4CC4)ccn3)ccc2)c1.[Pt+2]. The van der Waals surface area contributed by atoms with Crippen LogP contribution in [0.25, 0.3) is 38.8 Å². The Bertz CT molecular complexity index is 1770. The number of rotatable bonds is 6. The number of para-hydroxylation sites is 1. The van der Waals surface area contributed by atoms with Crippen molar-refractivity contribution < 1.29 is 30.5 Å². The van der Waals surface area contributed by atoms with E-state index in [1.165, 1.54) is 23.8 Å². The number of pyridine rings is 2. The standard InChI is InChI=1S/C32H23N3O2.Pt/c1-36-25-14-16-34-32(20-25)37-26-6-4-5-22(17-26)23-11-12-28-27-7-2-3-8-29(27)35(30(28)18-23)31-19-24(13-15-33-31)21-9-10-21;/h2-8,11-16,19-21H,9-10H2,1H3;/q-2;+2. The average Bonchev–Trinajstić information content (AvgIpc) is 3.75. The summed E-state index contributed by atoms with van der Waals surface area (Å²) in [5.74, 6) is 3.30. The molecule has 6 heteroatoms. The van der Waals surface area contributed by atoms with E-state index in [1.807, 2.05) is 24.4 Å². The number of ether oxygens (including phenoxy) is 2. The van der Waals surface area contributed by atoms with Crippen molar-refractivity contribution in [2.45, 2.75) is 18.8 Å². The summed E-state index contributed by atoms with van der Waals surface area (Å²) in [4.78, 5) is 9.05. The van der Waals surface area contributed by atoms with Gasteiger partial charge in [-0.3, -0.25) is 0 Å². The van der Waals surface area contributed by atoms with Crippen LogP contribution in [0, 0.1) is 12.1 Å². The number of fused-ring (bicyclic) bond motifs is 3. The van der Waals surface area contributed by atoms with Gasteiger partial charge in [0.05, 0.1) is 7.11 Å². The average molecular weight is 677 g/mol. The number of hydrogen-bond acceptors (Lipinski definition) is 4. The number of nitrogens with zero attached hydrogens (tertiary/aromatic N) is 3. The molecule has 0 spiro atoms. The summed E-state index contributed by atoms with van der Waals surface area (Å²) in [6.07, 6.45) is 6.10. The van der Waals surface area contributed by atoms with Crippen molar-refractivity contribution in [3.05, 3.63) is 109 Å². The Kier molecular flexibility index (Phi) is 6.47. The molecule has 3 aromatic heterocycles. The van der Waals surface area contributed by atoms with E-state index in [0.29, 0.717) is 23.3 Å². The fraction of sp³-hybridized carbons (Fsp3) is 0.125. The van der Waals surface area contributed by atoms with Crippen LogP contribution in [0.5, 0.6) is 17.4 Å². The molecule has 1 aliphatic carbocycles. The molecule has 0 bridgehead atoms. The van der Waals surface area contributed by atoms with Crippen molar-refractivity contribution in [2.75, 3.05) is 7.11 Å². The van der Waals surface area contributed by atoms with Gasteiger partial charge in [-0.2, -0.15) is 24.3 Å². The molecule has 38 heavy (non-hydrogen) atoms. The topological polar surface area (TPSA) is 49.2 Å². The monoisotopic (exact) mass is 676 g/mol. The molecule has 0 radical (unpaired) electrons. The molecular weight excluding hydrogens is 653 g/mol. The van der Waals surface area contributed by atoms with E-state index < -0.39 is 0 Å². The third kappa shape index (κ3) is 4.48. The van der Waals surface area contributed by atoms with Gasteiger partial charge in [-0.15, -0.1) is 18.2 Å². The van der Waals surface area contributed by atoms with Crippen molar-refractivity contribution in [3.63, 3.8) is 0 Å². The van der Waals surface area contributed by atoms with E-state index in [1.54, 1.807) is 25.4 Å². The van der Waals surface area contributed by atoms with Crippen LogP contribution in [0.4, 0.5) is 0 Å². The molecule has 5 nitrogen and oxygen atoms in total. The van der Waals surface area contributed by atoms with Gasteiger partial charge in [0.2, 0.25) is 5.88 Å². The smallest absolute Gasteiger partial charge is 0.497 e. The van der Waals surface area contributed by atoms with E-state index in [4.69, 9.17) is 14.5 Å². The van der Waals surface area contributed by atoms with Gasteiger partial charge in [-0.25, -0.2) is 21.1 Å². The van der Waals surface area contributed by atoms with Crippen LogP contribution in [0.3, 0.4) is 0 Å². The molecular formula is C32H23N3O2Pt. The maximum absolute atomic E-state index is 5.98. The number of methoxy groups -OCH3 is 1. The third-order valence-corrected chi connectivity index (χ3v) is 6.85. The third-order valence-electron chi connectivity index (χ3n) is 6.85. The Hall–Kier alpha value is -3.95. The van der Waals surface area contributed by atoms with Gasteiger partial charge in [0.15, 0.2) is 0 Å². The van der Waals surface area contributed by atoms with Crippen molar-refractivity contribution in [1.82, 2.24) is 14.5 Å². The quantitative estimate of drug-likeness (QED) is 0.171. The van der Waals surface area contributed by atoms with E-state index in [0.717, 1.165) is 33.4 Å². The molecule has 0 amide bonds. The van der Waals surface area contributed by atoms with Crippen molar-refractivity contribution in [3.8, 4) is 34.3 Å². The molecule has 1 aliphatic rings. The van der Waals surface area contributed by atoms with Gasteiger partial charge < -0.3 is 14.0 Å². The van der Waals surface area contributed by atoms with Crippen LogP contribution in [-0.2, 0) is 21.1 Å². The second kappa shape index (κ2) is 10.1. The zero-order chi connectivity index (χ0) is 24.8. The first kappa shape index (κ1) is 24.4. The van der Waals surface area contributed by atoms with Crippen LogP contribution in [0.1, 0.15) is 24.3 Å². The van der Waals surface area contributed by atoms with Crippen LogP contribution < -0.4 is 9.47 Å². The summed E-state index contributed by atoms with van der Waals surface area (Å²) in [5, 5.41) is 2.33. The minimum atomic E-state index is 0. The van der Waals surface area contributed by atoms with Gasteiger partial charge in [-0.1, -0.05) is 23.6 Å². The molecule has 3 aromatic carbocycles. The first-order valence-corrected chi connectivity index (χ1v) is 12.4. The van der Waals surface area contributed by atoms with E-state index in [9.17, 15) is 0 Å². The Morgan fingerprint density at radius 1 is 0.816 bits per heavy atom. The van der Waals surface area contributed by atoms with Crippen LogP contribution in [0.15, 0.2) is 91.3 Å². The van der Waals surface area contributed by atoms with E-state index in [-0.39, 0.29) is 21.1 Å². The zero-order valence-electron chi connectivity index (χ0n) is 20.6. The summed E-state index contributed by atoms with van der Waals surface area (Å²) in [5.41, 5.74) is 5.29. The largest absolute Gasteiger partial charge is 2.00 e. The first-order chi connectivity index (χ1) is 18.3. The van der Waals surface area contributed by atoms with Crippen LogP contribution >= 0.6 is 0 Å². The minimum Gasteiger partial charge on any atom is -0.497 e. The van der Waals surface area contributed by atoms with E-state index >= 15 is 0 Å². The van der Waals surface area contributed by atoms with Crippen molar-refractivity contribution >= 4 is 21.8 Å². The molecule has 0 saturated heterocycles. The molecule has 0 N–H and O–H groups in total. The molecule has 1 saturated carbocycles. The first-order valence-electron chi connectivity index (χ1n) is 12.4. The van der Waals surface area contributed by atoms with Gasteiger partial charge in [0, 0.05) is 29.7 Å². The number of aromatic nitrogens is 3. The minimum absolute atomic E-state index is 0. The Balaban J connectivity index is 0.00000264. The predicted molar refractivity (Wildman–Crippen MR) is 145 cm³/mol. The van der Waals surface area contributed by atoms with Gasteiger partial charge >= 0.3 is 21.1 Å². The Labute approximate surface area is 235 Å². The van der Waals surface area contributed by atoms with Crippen LogP contribution in [0.2, 0.25) is 0 Å². The molecule has 1 fully saturated rings. The van der Waals surface area contributed by atoms with Gasteiger partial charge in [0.25, 0.3) is 0 Å². The molecule has 3 heterocycles. The normalized spacial score (nSPS) is 12.9. The Morgan fingerprint density at radius 3 is 2.53 bits per heavy atom. The molecule has 7 rings (SSSR count). The summed E-state index contributed by atoms with van der Waals surface area (Å²) in [6.45, 7) is 0. The molecule has 0 unspecified atom stereocenters. The zero-order valence-corrected chi connectivity index (χ0v) is 22.9. The summed E-state index contributed by atoms with van der Waals surface area (Å²) in [7, 11) is 1.62. The molecule has 0 atom stereocenters. The van der Waals surface area contributed by atoms with Crippen molar-refractivity contribution in [2.24, 2.45) is 0 Å². The number of hydrogen-bond donors (Lipinski definition) is 0. The Morgan fingerprint density at radius 2 is 1.66 bits per heavy atom. The van der Waals surface area contributed by atoms with Gasteiger partial charge in [-0.05, 0) is 59.5 Å². The summed E-state index contributed by atoms with van der Waals surface area (Å²) in [6, 6.07) is 33.5. The van der Waals surface area contributed by atoms with Crippen molar-refractivity contribution in [1.29, 1.82) is 0 Å². The predicted octanol–water partition coefficient (Wildman–Crippen LogP) is 7.52. The molecule has 188 valence electrons.